The first-order valence-corrected chi connectivity index (χ1v) is 6.66. The number of unbranched alkanes of at least 4 members (excludes halogenated alkanes) is 2. The summed E-state index contributed by atoms with van der Waals surface area (Å²) in [5, 5.41) is 0. The highest BCUT2D eigenvalue weighted by Crippen LogP contribution is 1.97. The first-order chi connectivity index (χ1) is 6.93. The van der Waals surface area contributed by atoms with Crippen LogP contribution in [0.15, 0.2) is 18.7 Å². The van der Waals surface area contributed by atoms with Crippen molar-refractivity contribution >= 4 is 10.1 Å². The number of aryl methyl sites for hydroxylation is 1. The second kappa shape index (κ2) is 7.42. The van der Waals surface area contributed by atoms with Gasteiger partial charge in [-0.25, -0.2) is 4.98 Å². The summed E-state index contributed by atoms with van der Waals surface area (Å²) in [4.78, 5) is 3.96. The molecule has 0 bridgehead atoms. The highest BCUT2D eigenvalue weighted by molar-refractivity contribution is 7.85. The van der Waals surface area contributed by atoms with Crippen molar-refractivity contribution in [3.63, 3.8) is 0 Å². The Morgan fingerprint density at radius 1 is 1.40 bits per heavy atom. The molecule has 5 nitrogen and oxygen atoms in total. The van der Waals surface area contributed by atoms with E-state index in [1.54, 1.807) is 0 Å². The average Bonchev–Trinajstić information content (AvgIpc) is 2.54. The highest BCUT2D eigenvalue weighted by atomic mass is 32.2. The third-order valence-electron chi connectivity index (χ3n) is 1.58. The molecule has 0 fully saturated rings. The summed E-state index contributed by atoms with van der Waals surface area (Å²) < 4.78 is 28.0. The molecule has 1 heterocycles. The predicted octanol–water partition coefficient (Wildman–Crippen LogP) is 1.58. The minimum atomic E-state index is -3.67. The van der Waals surface area contributed by atoms with Crippen molar-refractivity contribution in [3.05, 3.63) is 18.7 Å². The van der Waals surface area contributed by atoms with E-state index in [0.29, 0.717) is 6.26 Å². The summed E-state index contributed by atoms with van der Waals surface area (Å²) in [5.41, 5.74) is 0. The van der Waals surface area contributed by atoms with Crippen LogP contribution in [0, 0.1) is 0 Å². The number of nitrogens with zero attached hydrogens (tertiary/aromatic N) is 2. The Hall–Kier alpha value is -0.880. The SMILES string of the molecule is CCCCCn1ccnc1.CS(=O)(=O)O. The van der Waals surface area contributed by atoms with E-state index in [-0.39, 0.29) is 0 Å². The topological polar surface area (TPSA) is 72.2 Å². The molecule has 0 saturated carbocycles. The molecule has 0 aromatic carbocycles. The normalized spacial score (nSPS) is 10.6. The minimum absolute atomic E-state index is 0.715. The van der Waals surface area contributed by atoms with Gasteiger partial charge < -0.3 is 4.57 Å². The van der Waals surface area contributed by atoms with Crippen molar-refractivity contribution in [2.45, 2.75) is 32.7 Å². The van der Waals surface area contributed by atoms with Crippen LogP contribution in [-0.4, -0.2) is 28.8 Å². The number of rotatable bonds is 4. The maximum Gasteiger partial charge on any atom is 0.261 e. The lowest BCUT2D eigenvalue weighted by Crippen LogP contribution is -1.92. The van der Waals surface area contributed by atoms with Gasteiger partial charge in [0.25, 0.3) is 10.1 Å². The number of imidazole rings is 1. The Balaban J connectivity index is 0.000000336. The van der Waals surface area contributed by atoms with Crippen molar-refractivity contribution in [3.8, 4) is 0 Å². The van der Waals surface area contributed by atoms with Gasteiger partial charge in [-0.05, 0) is 6.42 Å². The first-order valence-electron chi connectivity index (χ1n) is 4.81. The second-order valence-electron chi connectivity index (χ2n) is 3.24. The molecule has 1 aromatic heterocycles. The van der Waals surface area contributed by atoms with Crippen LogP contribution < -0.4 is 0 Å². The standard InChI is InChI=1S/C8H14N2.CH4O3S/c1-2-3-4-6-10-7-5-9-8-10;1-5(2,3)4/h5,7-8H,2-4,6H2,1H3;1H3,(H,2,3,4). The van der Waals surface area contributed by atoms with Crippen LogP contribution in [0.25, 0.3) is 0 Å². The molecule has 0 aliphatic carbocycles. The van der Waals surface area contributed by atoms with Crippen molar-refractivity contribution in [1.82, 2.24) is 9.55 Å². The zero-order valence-corrected chi connectivity index (χ0v) is 9.94. The van der Waals surface area contributed by atoms with Gasteiger partial charge in [0.1, 0.15) is 0 Å². The largest absolute Gasteiger partial charge is 0.337 e. The fourth-order valence-electron chi connectivity index (χ4n) is 0.963. The summed E-state index contributed by atoms with van der Waals surface area (Å²) in [6, 6.07) is 0. The van der Waals surface area contributed by atoms with E-state index in [1.165, 1.54) is 19.3 Å². The molecular formula is C9H18N2O3S. The van der Waals surface area contributed by atoms with Gasteiger partial charge in [-0.1, -0.05) is 19.8 Å². The molecular weight excluding hydrogens is 216 g/mol. The van der Waals surface area contributed by atoms with Crippen molar-refractivity contribution in [2.75, 3.05) is 6.26 Å². The Morgan fingerprint density at radius 3 is 2.40 bits per heavy atom. The van der Waals surface area contributed by atoms with E-state index in [4.69, 9.17) is 4.55 Å². The summed E-state index contributed by atoms with van der Waals surface area (Å²) in [6.45, 7) is 3.34. The molecule has 0 aliphatic heterocycles. The number of aromatic nitrogens is 2. The fraction of sp³-hybridized carbons (Fsp3) is 0.667. The molecule has 1 rings (SSSR count). The monoisotopic (exact) mass is 234 g/mol. The van der Waals surface area contributed by atoms with Crippen LogP contribution in [-0.2, 0) is 16.7 Å². The zero-order valence-electron chi connectivity index (χ0n) is 9.13. The maximum atomic E-state index is 9.19. The van der Waals surface area contributed by atoms with Crippen LogP contribution in [0.4, 0.5) is 0 Å². The minimum Gasteiger partial charge on any atom is -0.337 e. The fourth-order valence-corrected chi connectivity index (χ4v) is 0.963. The highest BCUT2D eigenvalue weighted by Gasteiger charge is 1.87. The van der Waals surface area contributed by atoms with Gasteiger partial charge >= 0.3 is 0 Å². The van der Waals surface area contributed by atoms with E-state index >= 15 is 0 Å². The Kier molecular flexibility index (Phi) is 6.98. The van der Waals surface area contributed by atoms with Gasteiger partial charge in [0.15, 0.2) is 0 Å². The van der Waals surface area contributed by atoms with Crippen LogP contribution in [0.2, 0.25) is 0 Å². The molecule has 0 spiro atoms. The quantitative estimate of drug-likeness (QED) is 0.634. The molecule has 0 amide bonds. The number of hydrogen-bond acceptors (Lipinski definition) is 3. The Labute approximate surface area is 90.9 Å². The van der Waals surface area contributed by atoms with Crippen molar-refractivity contribution < 1.29 is 13.0 Å². The van der Waals surface area contributed by atoms with Gasteiger partial charge in [0.2, 0.25) is 0 Å². The zero-order chi connectivity index (χ0) is 11.7. The van der Waals surface area contributed by atoms with Gasteiger partial charge in [0.05, 0.1) is 12.6 Å². The summed E-state index contributed by atoms with van der Waals surface area (Å²) >= 11 is 0. The van der Waals surface area contributed by atoms with Crippen LogP contribution >= 0.6 is 0 Å². The molecule has 0 aliphatic rings. The van der Waals surface area contributed by atoms with Crippen molar-refractivity contribution in [2.24, 2.45) is 0 Å². The molecule has 1 N–H and O–H groups in total. The van der Waals surface area contributed by atoms with E-state index in [1.807, 2.05) is 18.7 Å². The average molecular weight is 234 g/mol. The second-order valence-corrected chi connectivity index (χ2v) is 4.71. The maximum absolute atomic E-state index is 9.19. The van der Waals surface area contributed by atoms with E-state index < -0.39 is 10.1 Å². The third kappa shape index (κ3) is 13.1. The van der Waals surface area contributed by atoms with Gasteiger partial charge in [-0.2, -0.15) is 8.42 Å². The lowest BCUT2D eigenvalue weighted by molar-refractivity contribution is 0.490. The van der Waals surface area contributed by atoms with E-state index in [0.717, 1.165) is 6.54 Å². The molecule has 0 unspecified atom stereocenters. The van der Waals surface area contributed by atoms with E-state index in [2.05, 4.69) is 16.5 Å². The summed E-state index contributed by atoms with van der Waals surface area (Å²) in [6.07, 6.45) is 10.3. The van der Waals surface area contributed by atoms with Crippen LogP contribution in [0.3, 0.4) is 0 Å². The molecule has 15 heavy (non-hydrogen) atoms. The molecule has 6 heteroatoms. The van der Waals surface area contributed by atoms with Crippen LogP contribution in [0.1, 0.15) is 26.2 Å². The Morgan fingerprint density at radius 2 is 2.00 bits per heavy atom. The Bertz CT molecular complexity index is 324. The summed E-state index contributed by atoms with van der Waals surface area (Å²) in [7, 11) is -3.67. The predicted molar refractivity (Wildman–Crippen MR) is 59.2 cm³/mol. The molecule has 88 valence electrons. The van der Waals surface area contributed by atoms with E-state index in [9.17, 15) is 8.42 Å². The lowest BCUT2D eigenvalue weighted by Gasteiger charge is -1.98. The van der Waals surface area contributed by atoms with Gasteiger partial charge in [-0.3, -0.25) is 4.55 Å². The van der Waals surface area contributed by atoms with Gasteiger partial charge in [-0.15, -0.1) is 0 Å². The summed E-state index contributed by atoms with van der Waals surface area (Å²) in [5.74, 6) is 0. The molecule has 1 aromatic rings. The molecule has 0 radical (unpaired) electrons. The lowest BCUT2D eigenvalue weighted by atomic mass is 10.2. The molecule has 0 atom stereocenters. The third-order valence-corrected chi connectivity index (χ3v) is 1.58. The van der Waals surface area contributed by atoms with Crippen molar-refractivity contribution in [1.29, 1.82) is 0 Å². The van der Waals surface area contributed by atoms with Gasteiger partial charge in [0, 0.05) is 18.9 Å². The molecule has 0 saturated heterocycles. The van der Waals surface area contributed by atoms with Crippen LogP contribution in [0.5, 0.6) is 0 Å². The number of hydrogen-bond donors (Lipinski definition) is 1. The first kappa shape index (κ1) is 14.1. The smallest absolute Gasteiger partial charge is 0.261 e.